The first kappa shape index (κ1) is 12.6. The fourth-order valence-corrected chi connectivity index (χ4v) is 1.73. The summed E-state index contributed by atoms with van der Waals surface area (Å²) < 4.78 is 10.9. The van der Waals surface area contributed by atoms with Gasteiger partial charge in [-0.25, -0.2) is 0 Å². The monoisotopic (exact) mass is 246 g/mol. The van der Waals surface area contributed by atoms with Crippen LogP contribution in [-0.2, 0) is 6.54 Å². The second-order valence-electron chi connectivity index (χ2n) is 3.89. The van der Waals surface area contributed by atoms with Gasteiger partial charge in [0.25, 0.3) is 0 Å². The number of ether oxygens (including phenoxy) is 1. The van der Waals surface area contributed by atoms with E-state index in [4.69, 9.17) is 9.26 Å². The predicted octanol–water partition coefficient (Wildman–Crippen LogP) is 2.85. The third-order valence-electron chi connectivity index (χ3n) is 2.57. The second-order valence-corrected chi connectivity index (χ2v) is 3.89. The van der Waals surface area contributed by atoms with Gasteiger partial charge in [0, 0.05) is 12.6 Å². The van der Waals surface area contributed by atoms with E-state index < -0.39 is 0 Å². The van der Waals surface area contributed by atoms with Gasteiger partial charge >= 0.3 is 0 Å². The third-order valence-corrected chi connectivity index (χ3v) is 2.57. The van der Waals surface area contributed by atoms with Gasteiger partial charge in [0.05, 0.1) is 17.9 Å². The lowest BCUT2D eigenvalue weighted by Gasteiger charge is -2.06. The average molecular weight is 246 g/mol. The van der Waals surface area contributed by atoms with E-state index in [1.807, 2.05) is 37.3 Å². The third kappa shape index (κ3) is 2.90. The summed E-state index contributed by atoms with van der Waals surface area (Å²) in [5.41, 5.74) is 1.84. The molecule has 0 amide bonds. The number of rotatable bonds is 6. The van der Waals surface area contributed by atoms with Crippen LogP contribution in [0.4, 0.5) is 0 Å². The smallest absolute Gasteiger partial charge is 0.170 e. The van der Waals surface area contributed by atoms with Crippen LogP contribution in [0.2, 0.25) is 0 Å². The Balaban J connectivity index is 2.22. The molecule has 0 bridgehead atoms. The summed E-state index contributed by atoms with van der Waals surface area (Å²) in [4.78, 5) is 0. The molecule has 0 radical (unpaired) electrons. The summed E-state index contributed by atoms with van der Waals surface area (Å²) in [6.07, 6.45) is 0. The molecule has 0 spiro atoms. The second kappa shape index (κ2) is 6.21. The van der Waals surface area contributed by atoms with Crippen LogP contribution in [0.15, 0.2) is 34.9 Å². The highest BCUT2D eigenvalue weighted by atomic mass is 16.5. The minimum absolute atomic E-state index is 0.634. The van der Waals surface area contributed by atoms with Crippen molar-refractivity contribution in [2.24, 2.45) is 0 Å². The topological polar surface area (TPSA) is 47.3 Å². The predicted molar refractivity (Wildman–Crippen MR) is 70.5 cm³/mol. The van der Waals surface area contributed by atoms with Crippen molar-refractivity contribution in [3.8, 4) is 17.1 Å². The van der Waals surface area contributed by atoms with Crippen LogP contribution < -0.4 is 10.1 Å². The van der Waals surface area contributed by atoms with Crippen LogP contribution in [0.5, 0.6) is 5.75 Å². The lowest BCUT2D eigenvalue weighted by atomic mass is 10.1. The zero-order valence-corrected chi connectivity index (χ0v) is 10.8. The summed E-state index contributed by atoms with van der Waals surface area (Å²) in [5, 5.41) is 7.25. The maximum atomic E-state index is 5.58. The quantitative estimate of drug-likeness (QED) is 0.851. The molecular weight excluding hydrogens is 228 g/mol. The van der Waals surface area contributed by atoms with Gasteiger partial charge < -0.3 is 14.6 Å². The number of benzene rings is 1. The lowest BCUT2D eigenvalue weighted by molar-refractivity contribution is 0.339. The molecule has 1 aromatic carbocycles. The van der Waals surface area contributed by atoms with E-state index in [-0.39, 0.29) is 0 Å². The van der Waals surface area contributed by atoms with Gasteiger partial charge in [-0.3, -0.25) is 0 Å². The van der Waals surface area contributed by atoms with Gasteiger partial charge in [-0.05, 0) is 25.6 Å². The van der Waals surface area contributed by atoms with Crippen molar-refractivity contribution < 1.29 is 9.26 Å². The molecule has 4 nitrogen and oxygen atoms in total. The first-order valence-electron chi connectivity index (χ1n) is 6.23. The van der Waals surface area contributed by atoms with Gasteiger partial charge in [0.15, 0.2) is 5.76 Å². The Labute approximate surface area is 107 Å². The molecule has 1 aromatic heterocycles. The normalized spacial score (nSPS) is 10.6. The lowest BCUT2D eigenvalue weighted by Crippen LogP contribution is -2.11. The van der Waals surface area contributed by atoms with Crippen molar-refractivity contribution in [2.45, 2.75) is 20.4 Å². The Hall–Kier alpha value is -1.81. The molecule has 2 rings (SSSR count). The van der Waals surface area contributed by atoms with E-state index in [0.29, 0.717) is 6.61 Å². The number of para-hydroxylation sites is 1. The molecule has 0 saturated heterocycles. The molecule has 0 saturated carbocycles. The van der Waals surface area contributed by atoms with Gasteiger partial charge in [-0.1, -0.05) is 24.2 Å². The van der Waals surface area contributed by atoms with Gasteiger partial charge in [-0.15, -0.1) is 0 Å². The molecular formula is C14H18N2O2. The number of nitrogens with one attached hydrogen (secondary N) is 1. The minimum atomic E-state index is 0.634. The molecule has 96 valence electrons. The number of nitrogens with zero attached hydrogens (tertiary/aromatic N) is 1. The van der Waals surface area contributed by atoms with Gasteiger partial charge in [-0.2, -0.15) is 0 Å². The molecule has 0 aliphatic carbocycles. The molecule has 1 N–H and O–H groups in total. The van der Waals surface area contributed by atoms with Crippen molar-refractivity contribution in [2.75, 3.05) is 13.2 Å². The van der Waals surface area contributed by atoms with Crippen molar-refractivity contribution in [3.05, 3.63) is 36.0 Å². The summed E-state index contributed by atoms with van der Waals surface area (Å²) in [7, 11) is 0. The zero-order chi connectivity index (χ0) is 12.8. The average Bonchev–Trinajstić information content (AvgIpc) is 2.86. The van der Waals surface area contributed by atoms with E-state index in [1.165, 1.54) is 0 Å². The molecule has 18 heavy (non-hydrogen) atoms. The largest absolute Gasteiger partial charge is 0.493 e. The molecule has 0 unspecified atom stereocenters. The summed E-state index contributed by atoms with van der Waals surface area (Å²) in [6, 6.07) is 9.77. The van der Waals surface area contributed by atoms with Crippen LogP contribution in [0, 0.1) is 0 Å². The van der Waals surface area contributed by atoms with E-state index in [0.717, 1.165) is 35.9 Å². The summed E-state index contributed by atoms with van der Waals surface area (Å²) in [6.45, 7) is 6.29. The first-order valence-corrected chi connectivity index (χ1v) is 6.23. The molecule has 1 heterocycles. The summed E-state index contributed by atoms with van der Waals surface area (Å²) >= 11 is 0. The molecule has 0 atom stereocenters. The van der Waals surface area contributed by atoms with Crippen molar-refractivity contribution in [1.29, 1.82) is 0 Å². The Morgan fingerprint density at radius 2 is 2.11 bits per heavy atom. The molecule has 0 fully saturated rings. The molecule has 0 aliphatic heterocycles. The highest BCUT2D eigenvalue weighted by Gasteiger charge is 2.11. The Morgan fingerprint density at radius 3 is 2.89 bits per heavy atom. The van der Waals surface area contributed by atoms with Crippen LogP contribution in [0.25, 0.3) is 11.3 Å². The molecule has 0 aliphatic rings. The van der Waals surface area contributed by atoms with Gasteiger partial charge in [0.1, 0.15) is 5.75 Å². The fourth-order valence-electron chi connectivity index (χ4n) is 1.73. The highest BCUT2D eigenvalue weighted by Crippen LogP contribution is 2.30. The number of aromatic nitrogens is 1. The van der Waals surface area contributed by atoms with E-state index in [9.17, 15) is 0 Å². The SMILES string of the molecule is CCNCc1cc(-c2ccccc2OCC)on1. The molecule has 4 heteroatoms. The summed E-state index contributed by atoms with van der Waals surface area (Å²) in [5.74, 6) is 1.57. The van der Waals surface area contributed by atoms with Crippen LogP contribution in [-0.4, -0.2) is 18.3 Å². The van der Waals surface area contributed by atoms with E-state index in [2.05, 4.69) is 17.4 Å². The van der Waals surface area contributed by atoms with E-state index in [1.54, 1.807) is 0 Å². The van der Waals surface area contributed by atoms with Gasteiger partial charge in [0.2, 0.25) is 0 Å². The standard InChI is InChI=1S/C14H18N2O2/c1-3-15-10-11-9-14(18-16-11)12-7-5-6-8-13(12)17-4-2/h5-9,15H,3-4,10H2,1-2H3. The first-order chi connectivity index (χ1) is 8.85. The Morgan fingerprint density at radius 1 is 1.28 bits per heavy atom. The zero-order valence-electron chi connectivity index (χ0n) is 10.8. The van der Waals surface area contributed by atoms with Crippen molar-refractivity contribution in [3.63, 3.8) is 0 Å². The maximum Gasteiger partial charge on any atom is 0.170 e. The van der Waals surface area contributed by atoms with Crippen LogP contribution >= 0.6 is 0 Å². The van der Waals surface area contributed by atoms with Crippen molar-refractivity contribution >= 4 is 0 Å². The minimum Gasteiger partial charge on any atom is -0.493 e. The highest BCUT2D eigenvalue weighted by molar-refractivity contribution is 5.65. The fraction of sp³-hybridized carbons (Fsp3) is 0.357. The van der Waals surface area contributed by atoms with Crippen LogP contribution in [0.1, 0.15) is 19.5 Å². The van der Waals surface area contributed by atoms with E-state index >= 15 is 0 Å². The Bertz CT molecular complexity index is 494. The Kier molecular flexibility index (Phi) is 4.36. The van der Waals surface area contributed by atoms with Crippen LogP contribution in [0.3, 0.4) is 0 Å². The number of hydrogen-bond donors (Lipinski definition) is 1. The van der Waals surface area contributed by atoms with Crippen molar-refractivity contribution in [1.82, 2.24) is 10.5 Å². The molecule has 2 aromatic rings. The number of hydrogen-bond acceptors (Lipinski definition) is 4. The maximum absolute atomic E-state index is 5.58.